The highest BCUT2D eigenvalue weighted by atomic mass is 16.2. The van der Waals surface area contributed by atoms with Crippen LogP contribution in [0.1, 0.15) is 37.7 Å². The fourth-order valence-electron chi connectivity index (χ4n) is 3.75. The summed E-state index contributed by atoms with van der Waals surface area (Å²) in [7, 11) is 3.52. The van der Waals surface area contributed by atoms with Crippen molar-refractivity contribution in [1.29, 1.82) is 0 Å². The van der Waals surface area contributed by atoms with Gasteiger partial charge in [-0.25, -0.2) is 4.99 Å². The summed E-state index contributed by atoms with van der Waals surface area (Å²) in [5.41, 5.74) is 2.46. The Balaban J connectivity index is 1.55. The van der Waals surface area contributed by atoms with Crippen LogP contribution in [0.5, 0.6) is 0 Å². The van der Waals surface area contributed by atoms with E-state index < -0.39 is 0 Å². The fraction of sp³-hybridized carbons (Fsp3) is 0.545. The zero-order valence-corrected chi connectivity index (χ0v) is 17.1. The SMILES string of the molecule is CN(C)C(=O)CN=C(NCCc1c[nH]c2ccccc12)NCC1CCCCC1. The minimum Gasteiger partial charge on any atom is -0.361 e. The summed E-state index contributed by atoms with van der Waals surface area (Å²) < 4.78 is 0. The average Bonchev–Trinajstić information content (AvgIpc) is 3.13. The molecule has 1 heterocycles. The molecule has 28 heavy (non-hydrogen) atoms. The largest absolute Gasteiger partial charge is 0.361 e. The molecule has 152 valence electrons. The number of carbonyl (C=O) groups excluding carboxylic acids is 1. The first-order valence-electron chi connectivity index (χ1n) is 10.4. The summed E-state index contributed by atoms with van der Waals surface area (Å²) in [6.45, 7) is 1.86. The molecule has 0 radical (unpaired) electrons. The number of fused-ring (bicyclic) bond motifs is 1. The number of carbonyl (C=O) groups is 1. The van der Waals surface area contributed by atoms with Crippen LogP contribution in [0.15, 0.2) is 35.5 Å². The highest BCUT2D eigenvalue weighted by molar-refractivity contribution is 5.85. The number of rotatable bonds is 7. The number of hydrogen-bond acceptors (Lipinski definition) is 2. The van der Waals surface area contributed by atoms with Crippen molar-refractivity contribution in [3.63, 3.8) is 0 Å². The monoisotopic (exact) mass is 383 g/mol. The van der Waals surface area contributed by atoms with Gasteiger partial charge < -0.3 is 20.5 Å². The van der Waals surface area contributed by atoms with Crippen LogP contribution in [0.2, 0.25) is 0 Å². The first kappa shape index (κ1) is 20.2. The van der Waals surface area contributed by atoms with Gasteiger partial charge in [0, 0.05) is 44.3 Å². The third-order valence-electron chi connectivity index (χ3n) is 5.52. The third kappa shape index (κ3) is 5.75. The standard InChI is InChI=1S/C22H33N5O/c1-27(2)21(28)16-26-22(25-14-17-8-4-3-5-9-17)23-13-12-18-15-24-20-11-7-6-10-19(18)20/h6-7,10-11,15,17,24H,3-5,8-9,12-14,16H2,1-2H3,(H2,23,25,26). The van der Waals surface area contributed by atoms with Crippen LogP contribution in [-0.4, -0.2) is 55.5 Å². The van der Waals surface area contributed by atoms with Crippen LogP contribution in [-0.2, 0) is 11.2 Å². The molecule has 3 rings (SSSR count). The summed E-state index contributed by atoms with van der Waals surface area (Å²) in [4.78, 5) is 21.3. The zero-order valence-electron chi connectivity index (χ0n) is 17.1. The predicted octanol–water partition coefficient (Wildman–Crippen LogP) is 2.91. The van der Waals surface area contributed by atoms with Gasteiger partial charge in [-0.3, -0.25) is 4.79 Å². The Bertz CT molecular complexity index is 789. The van der Waals surface area contributed by atoms with E-state index in [1.165, 1.54) is 48.6 Å². The van der Waals surface area contributed by atoms with Crippen LogP contribution in [0.3, 0.4) is 0 Å². The fourth-order valence-corrected chi connectivity index (χ4v) is 3.75. The van der Waals surface area contributed by atoms with E-state index in [0.29, 0.717) is 5.92 Å². The summed E-state index contributed by atoms with van der Waals surface area (Å²) in [5.74, 6) is 1.45. The number of hydrogen-bond donors (Lipinski definition) is 3. The lowest BCUT2D eigenvalue weighted by atomic mass is 9.89. The molecule has 0 aliphatic heterocycles. The maximum atomic E-state index is 11.9. The minimum atomic E-state index is 0.00962. The van der Waals surface area contributed by atoms with Crippen molar-refractivity contribution in [3.8, 4) is 0 Å². The van der Waals surface area contributed by atoms with E-state index in [2.05, 4.69) is 45.0 Å². The predicted molar refractivity (Wildman–Crippen MR) is 116 cm³/mol. The number of aliphatic imine (C=N–C) groups is 1. The van der Waals surface area contributed by atoms with Crippen molar-refractivity contribution < 1.29 is 4.79 Å². The number of guanidine groups is 1. The number of aromatic nitrogens is 1. The van der Waals surface area contributed by atoms with Gasteiger partial charge in [-0.1, -0.05) is 37.5 Å². The van der Waals surface area contributed by atoms with Gasteiger partial charge in [0.2, 0.25) is 5.91 Å². The van der Waals surface area contributed by atoms with Crippen LogP contribution in [0, 0.1) is 5.92 Å². The Morgan fingerprint density at radius 2 is 1.96 bits per heavy atom. The second kappa shape index (κ2) is 10.2. The molecule has 6 heteroatoms. The number of aromatic amines is 1. The Morgan fingerprint density at radius 3 is 2.75 bits per heavy atom. The second-order valence-corrected chi connectivity index (χ2v) is 7.87. The van der Waals surface area contributed by atoms with Crippen LogP contribution in [0.4, 0.5) is 0 Å². The molecule has 0 unspecified atom stereocenters. The van der Waals surface area contributed by atoms with E-state index in [1.54, 1.807) is 19.0 Å². The minimum absolute atomic E-state index is 0.00962. The second-order valence-electron chi connectivity index (χ2n) is 7.87. The Kier molecular flexibility index (Phi) is 7.34. The van der Waals surface area contributed by atoms with Gasteiger partial charge in [-0.05, 0) is 36.8 Å². The number of nitrogens with one attached hydrogen (secondary N) is 3. The molecule has 3 N–H and O–H groups in total. The number of benzene rings is 1. The van der Waals surface area contributed by atoms with Crippen LogP contribution < -0.4 is 10.6 Å². The molecule has 1 aromatic heterocycles. The molecule has 1 saturated carbocycles. The van der Waals surface area contributed by atoms with E-state index in [4.69, 9.17) is 0 Å². The normalized spacial score (nSPS) is 15.6. The first-order chi connectivity index (χ1) is 13.6. The molecular formula is C22H33N5O. The number of H-pyrrole nitrogens is 1. The van der Waals surface area contributed by atoms with Gasteiger partial charge in [0.15, 0.2) is 5.96 Å². The van der Waals surface area contributed by atoms with Crippen molar-refractivity contribution in [2.45, 2.75) is 38.5 Å². The van der Waals surface area contributed by atoms with E-state index in [1.807, 2.05) is 6.07 Å². The van der Waals surface area contributed by atoms with Gasteiger partial charge >= 0.3 is 0 Å². The highest BCUT2D eigenvalue weighted by Gasteiger charge is 2.14. The van der Waals surface area contributed by atoms with E-state index >= 15 is 0 Å². The van der Waals surface area contributed by atoms with Crippen molar-refractivity contribution >= 4 is 22.8 Å². The van der Waals surface area contributed by atoms with Gasteiger partial charge in [-0.2, -0.15) is 0 Å². The molecule has 1 aliphatic rings. The van der Waals surface area contributed by atoms with Gasteiger partial charge in [-0.15, -0.1) is 0 Å². The first-order valence-corrected chi connectivity index (χ1v) is 10.4. The van der Waals surface area contributed by atoms with Crippen molar-refractivity contribution in [2.75, 3.05) is 33.7 Å². The maximum Gasteiger partial charge on any atom is 0.243 e. The number of likely N-dealkylation sites (N-methyl/N-ethyl adjacent to an activating group) is 1. The van der Waals surface area contributed by atoms with Crippen molar-refractivity contribution in [3.05, 3.63) is 36.0 Å². The number of amides is 1. The highest BCUT2D eigenvalue weighted by Crippen LogP contribution is 2.22. The van der Waals surface area contributed by atoms with Crippen LogP contribution >= 0.6 is 0 Å². The summed E-state index contributed by atoms with van der Waals surface area (Å²) in [5, 5.41) is 8.14. The van der Waals surface area contributed by atoms with E-state index in [-0.39, 0.29) is 12.5 Å². The summed E-state index contributed by atoms with van der Waals surface area (Å²) in [6, 6.07) is 8.35. The molecule has 0 saturated heterocycles. The molecule has 0 atom stereocenters. The lowest BCUT2D eigenvalue weighted by Gasteiger charge is -2.23. The van der Waals surface area contributed by atoms with Crippen LogP contribution in [0.25, 0.3) is 10.9 Å². The molecule has 6 nitrogen and oxygen atoms in total. The van der Waals surface area contributed by atoms with Crippen molar-refractivity contribution in [1.82, 2.24) is 20.5 Å². The van der Waals surface area contributed by atoms with Gasteiger partial charge in [0.1, 0.15) is 6.54 Å². The van der Waals surface area contributed by atoms with E-state index in [0.717, 1.165) is 25.5 Å². The third-order valence-corrected chi connectivity index (χ3v) is 5.52. The molecule has 1 fully saturated rings. The number of para-hydroxylation sites is 1. The average molecular weight is 384 g/mol. The summed E-state index contributed by atoms with van der Waals surface area (Å²) >= 11 is 0. The smallest absolute Gasteiger partial charge is 0.243 e. The van der Waals surface area contributed by atoms with Gasteiger partial charge in [0.25, 0.3) is 0 Å². The molecule has 2 aromatic rings. The number of nitrogens with zero attached hydrogens (tertiary/aromatic N) is 2. The lowest BCUT2D eigenvalue weighted by molar-refractivity contribution is -0.127. The molecule has 0 spiro atoms. The lowest BCUT2D eigenvalue weighted by Crippen LogP contribution is -2.41. The molecular weight excluding hydrogens is 350 g/mol. The zero-order chi connectivity index (χ0) is 19.8. The van der Waals surface area contributed by atoms with E-state index in [9.17, 15) is 4.79 Å². The maximum absolute atomic E-state index is 11.9. The Hall–Kier alpha value is -2.50. The molecule has 1 amide bonds. The Labute approximate surface area is 167 Å². The Morgan fingerprint density at radius 1 is 1.18 bits per heavy atom. The molecule has 0 bridgehead atoms. The topological polar surface area (TPSA) is 72.5 Å². The molecule has 1 aromatic carbocycles. The molecule has 1 aliphatic carbocycles. The van der Waals surface area contributed by atoms with Crippen molar-refractivity contribution in [2.24, 2.45) is 10.9 Å². The van der Waals surface area contributed by atoms with Gasteiger partial charge in [0.05, 0.1) is 0 Å². The quantitative estimate of drug-likeness (QED) is 0.508. The summed E-state index contributed by atoms with van der Waals surface area (Å²) in [6.07, 6.45) is 9.55.